The van der Waals surface area contributed by atoms with Crippen LogP contribution < -0.4 is 10.1 Å². The number of methoxy groups -OCH3 is 1. The Morgan fingerprint density at radius 2 is 2.05 bits per heavy atom. The van der Waals surface area contributed by atoms with Gasteiger partial charge in [-0.3, -0.25) is 0 Å². The third-order valence-electron chi connectivity index (χ3n) is 4.79. The van der Waals surface area contributed by atoms with Gasteiger partial charge in [-0.15, -0.1) is 0 Å². The van der Waals surface area contributed by atoms with Gasteiger partial charge in [0.1, 0.15) is 11.6 Å². The van der Waals surface area contributed by atoms with Crippen molar-refractivity contribution < 1.29 is 4.74 Å². The van der Waals surface area contributed by atoms with Crippen molar-refractivity contribution >= 4 is 11.0 Å². The van der Waals surface area contributed by atoms with Crippen LogP contribution in [0.3, 0.4) is 0 Å². The number of imidazole rings is 1. The zero-order valence-corrected chi connectivity index (χ0v) is 11.9. The predicted octanol–water partition coefficient (Wildman–Crippen LogP) is 2.64. The van der Waals surface area contributed by atoms with E-state index in [0.717, 1.165) is 47.0 Å². The average Bonchev–Trinajstić information content (AvgIpc) is 3.00. The second-order valence-corrected chi connectivity index (χ2v) is 6.25. The van der Waals surface area contributed by atoms with E-state index in [-0.39, 0.29) is 0 Å². The second-order valence-electron chi connectivity index (χ2n) is 6.25. The van der Waals surface area contributed by atoms with Crippen LogP contribution in [0.5, 0.6) is 5.75 Å². The summed E-state index contributed by atoms with van der Waals surface area (Å²) in [6, 6.07) is 7.53. The maximum absolute atomic E-state index is 5.26. The van der Waals surface area contributed by atoms with Gasteiger partial charge in [0.05, 0.1) is 18.1 Å². The summed E-state index contributed by atoms with van der Waals surface area (Å²) in [5.74, 6) is 2.78. The number of aromatic amines is 1. The molecule has 0 aliphatic carbocycles. The fraction of sp³-hybridized carbons (Fsp3) is 0.562. The number of hydrogen-bond acceptors (Lipinski definition) is 3. The Balaban J connectivity index is 1.53. The molecule has 0 amide bonds. The lowest BCUT2D eigenvalue weighted by atomic mass is 9.89. The van der Waals surface area contributed by atoms with E-state index < -0.39 is 0 Å². The molecule has 1 aromatic heterocycles. The molecule has 2 aliphatic heterocycles. The highest BCUT2D eigenvalue weighted by molar-refractivity contribution is 5.76. The van der Waals surface area contributed by atoms with E-state index in [1.54, 1.807) is 7.11 Å². The van der Waals surface area contributed by atoms with Crippen LogP contribution in [0.15, 0.2) is 18.2 Å². The van der Waals surface area contributed by atoms with E-state index in [2.05, 4.69) is 10.3 Å². The Morgan fingerprint density at radius 3 is 2.80 bits per heavy atom. The Kier molecular flexibility index (Phi) is 2.91. The lowest BCUT2D eigenvalue weighted by Gasteiger charge is -2.28. The van der Waals surface area contributed by atoms with Crippen LogP contribution in [0.4, 0.5) is 0 Å². The van der Waals surface area contributed by atoms with E-state index in [9.17, 15) is 0 Å². The first-order valence-electron chi connectivity index (χ1n) is 7.59. The molecule has 0 spiro atoms. The molecule has 4 nitrogen and oxygen atoms in total. The molecule has 4 rings (SSSR count). The molecule has 0 radical (unpaired) electrons. The highest BCUT2D eigenvalue weighted by Gasteiger charge is 2.33. The number of piperidine rings is 1. The van der Waals surface area contributed by atoms with Gasteiger partial charge >= 0.3 is 0 Å². The van der Waals surface area contributed by atoms with Crippen LogP contribution in [-0.4, -0.2) is 29.2 Å². The third-order valence-corrected chi connectivity index (χ3v) is 4.79. The molecule has 20 heavy (non-hydrogen) atoms. The number of fused-ring (bicyclic) bond motifs is 3. The van der Waals surface area contributed by atoms with Gasteiger partial charge in [-0.25, -0.2) is 4.98 Å². The van der Waals surface area contributed by atoms with Crippen LogP contribution in [0.2, 0.25) is 0 Å². The summed E-state index contributed by atoms with van der Waals surface area (Å²) in [7, 11) is 1.70. The second kappa shape index (κ2) is 4.77. The Hall–Kier alpha value is -1.55. The maximum atomic E-state index is 5.26. The Morgan fingerprint density at radius 1 is 1.25 bits per heavy atom. The number of rotatable bonds is 3. The molecule has 4 heteroatoms. The fourth-order valence-corrected chi connectivity index (χ4v) is 3.88. The third kappa shape index (κ3) is 2.18. The number of ether oxygens (including phenoxy) is 1. The van der Waals surface area contributed by atoms with Crippen LogP contribution in [-0.2, 0) is 6.42 Å². The molecular formula is C16H21N3O. The van der Waals surface area contributed by atoms with Gasteiger partial charge in [0, 0.05) is 24.6 Å². The topological polar surface area (TPSA) is 49.9 Å². The maximum Gasteiger partial charge on any atom is 0.121 e. The van der Waals surface area contributed by atoms with Crippen LogP contribution in [0.25, 0.3) is 11.0 Å². The standard InChI is InChI=1S/C16H21N3O/c1-20-13-4-5-14-15(9-13)19-16(18-14)8-10-6-11-2-3-12(7-10)17-11/h4-5,9-12,17H,2-3,6-8H2,1H3,(H,18,19). The van der Waals surface area contributed by atoms with Gasteiger partial charge in [0.15, 0.2) is 0 Å². The van der Waals surface area contributed by atoms with Crippen molar-refractivity contribution in [2.24, 2.45) is 5.92 Å². The smallest absolute Gasteiger partial charge is 0.121 e. The van der Waals surface area contributed by atoms with Gasteiger partial charge in [0.2, 0.25) is 0 Å². The number of hydrogen-bond donors (Lipinski definition) is 2. The van der Waals surface area contributed by atoms with Crippen LogP contribution >= 0.6 is 0 Å². The lowest BCUT2D eigenvalue weighted by Crippen LogP contribution is -2.38. The first-order chi connectivity index (χ1) is 9.80. The first-order valence-corrected chi connectivity index (χ1v) is 7.59. The molecule has 2 atom stereocenters. The van der Waals surface area contributed by atoms with Gasteiger partial charge in [0.25, 0.3) is 0 Å². The van der Waals surface area contributed by atoms with Gasteiger partial charge in [-0.05, 0) is 43.7 Å². The number of aromatic nitrogens is 2. The molecule has 1 aromatic carbocycles. The van der Waals surface area contributed by atoms with Crippen molar-refractivity contribution in [3.05, 3.63) is 24.0 Å². The molecule has 2 bridgehead atoms. The minimum atomic E-state index is 0.753. The number of nitrogens with zero attached hydrogens (tertiary/aromatic N) is 1. The molecule has 2 aromatic rings. The van der Waals surface area contributed by atoms with Crippen molar-refractivity contribution in [2.45, 2.75) is 44.2 Å². The molecule has 106 valence electrons. The fourth-order valence-electron chi connectivity index (χ4n) is 3.88. The summed E-state index contributed by atoms with van der Waals surface area (Å²) < 4.78 is 5.26. The zero-order valence-electron chi connectivity index (χ0n) is 11.9. The SMILES string of the molecule is COc1ccc2nc(CC3CC4CCC(C3)N4)[nH]c2c1. The molecule has 2 saturated heterocycles. The van der Waals surface area contributed by atoms with E-state index in [0.29, 0.717) is 0 Å². The van der Waals surface area contributed by atoms with E-state index in [4.69, 9.17) is 9.72 Å². The van der Waals surface area contributed by atoms with Crippen molar-refractivity contribution in [3.63, 3.8) is 0 Å². The number of benzene rings is 1. The monoisotopic (exact) mass is 271 g/mol. The van der Waals surface area contributed by atoms with Crippen LogP contribution in [0, 0.1) is 5.92 Å². The molecule has 2 unspecified atom stereocenters. The van der Waals surface area contributed by atoms with Crippen LogP contribution in [0.1, 0.15) is 31.5 Å². The Labute approximate surface area is 118 Å². The summed E-state index contributed by atoms with van der Waals surface area (Å²) in [5.41, 5.74) is 2.12. The molecule has 2 N–H and O–H groups in total. The van der Waals surface area contributed by atoms with E-state index >= 15 is 0 Å². The van der Waals surface area contributed by atoms with Gasteiger partial charge in [-0.1, -0.05) is 0 Å². The minimum absolute atomic E-state index is 0.753. The average molecular weight is 271 g/mol. The number of H-pyrrole nitrogens is 1. The van der Waals surface area contributed by atoms with Crippen molar-refractivity contribution in [1.29, 1.82) is 0 Å². The van der Waals surface area contributed by atoms with Gasteiger partial charge in [-0.2, -0.15) is 0 Å². The summed E-state index contributed by atoms with van der Waals surface area (Å²) in [5, 5.41) is 3.70. The molecule has 3 heterocycles. The first kappa shape index (κ1) is 12.2. The molecule has 2 aliphatic rings. The molecule has 2 fully saturated rings. The van der Waals surface area contributed by atoms with Gasteiger partial charge < -0.3 is 15.0 Å². The van der Waals surface area contributed by atoms with E-state index in [1.165, 1.54) is 25.7 Å². The summed E-state index contributed by atoms with van der Waals surface area (Å²) in [6.07, 6.45) is 6.40. The zero-order chi connectivity index (χ0) is 13.5. The lowest BCUT2D eigenvalue weighted by molar-refractivity contribution is 0.295. The summed E-state index contributed by atoms with van der Waals surface area (Å²) >= 11 is 0. The van der Waals surface area contributed by atoms with Crippen molar-refractivity contribution in [2.75, 3.05) is 7.11 Å². The van der Waals surface area contributed by atoms with Crippen molar-refractivity contribution in [1.82, 2.24) is 15.3 Å². The largest absolute Gasteiger partial charge is 0.497 e. The highest BCUT2D eigenvalue weighted by atomic mass is 16.5. The molecular weight excluding hydrogens is 250 g/mol. The number of nitrogens with one attached hydrogen (secondary N) is 2. The highest BCUT2D eigenvalue weighted by Crippen LogP contribution is 2.32. The Bertz CT molecular complexity index is 609. The summed E-state index contributed by atoms with van der Waals surface area (Å²) in [4.78, 5) is 8.18. The van der Waals surface area contributed by atoms with E-state index in [1.807, 2.05) is 18.2 Å². The quantitative estimate of drug-likeness (QED) is 0.902. The predicted molar refractivity (Wildman–Crippen MR) is 79.0 cm³/mol. The normalized spacial score (nSPS) is 28.9. The van der Waals surface area contributed by atoms with Crippen molar-refractivity contribution in [3.8, 4) is 5.75 Å². The summed E-state index contributed by atoms with van der Waals surface area (Å²) in [6.45, 7) is 0. The molecule has 0 saturated carbocycles. The minimum Gasteiger partial charge on any atom is -0.497 e.